The van der Waals surface area contributed by atoms with E-state index in [4.69, 9.17) is 5.11 Å². The lowest BCUT2D eigenvalue weighted by Crippen LogP contribution is -2.26. The van der Waals surface area contributed by atoms with Crippen molar-refractivity contribution in [1.29, 1.82) is 0 Å². The van der Waals surface area contributed by atoms with Gasteiger partial charge >= 0.3 is 6.09 Å². The molecular weight excluding hydrogens is 356 g/mol. The predicted octanol–water partition coefficient (Wildman–Crippen LogP) is 3.89. The zero-order valence-corrected chi connectivity index (χ0v) is 14.2. The monoisotopic (exact) mass is 371 g/mol. The van der Waals surface area contributed by atoms with Gasteiger partial charge in [0.2, 0.25) is 0 Å². The van der Waals surface area contributed by atoms with Crippen LogP contribution in [0.25, 0.3) is 11.3 Å². The molecule has 1 aromatic heterocycles. The summed E-state index contributed by atoms with van der Waals surface area (Å²) < 4.78 is 28.1. The van der Waals surface area contributed by atoms with Crippen molar-refractivity contribution in [2.75, 3.05) is 5.32 Å². The zero-order valence-electron chi connectivity index (χ0n) is 14.2. The van der Waals surface area contributed by atoms with Crippen LogP contribution in [0.5, 0.6) is 0 Å². The molecule has 8 heteroatoms. The first-order chi connectivity index (χ1) is 12.8. The summed E-state index contributed by atoms with van der Waals surface area (Å²) in [6.45, 7) is 1.71. The summed E-state index contributed by atoms with van der Waals surface area (Å²) in [5.74, 6) is -1.49. The van der Waals surface area contributed by atoms with E-state index in [2.05, 4.69) is 10.4 Å². The Morgan fingerprint density at radius 1 is 1.11 bits per heavy atom. The molecule has 27 heavy (non-hydrogen) atoms. The molecule has 1 amide bonds. The first kappa shape index (κ1) is 18.2. The number of benzene rings is 2. The summed E-state index contributed by atoms with van der Waals surface area (Å²) in [6.07, 6.45) is -1.20. The Labute approximate surface area is 152 Å². The van der Waals surface area contributed by atoms with Gasteiger partial charge in [0.25, 0.3) is 5.56 Å². The van der Waals surface area contributed by atoms with Gasteiger partial charge in [-0.15, -0.1) is 0 Å². The largest absolute Gasteiger partial charge is 0.465 e. The molecule has 0 saturated heterocycles. The van der Waals surface area contributed by atoms with E-state index in [0.29, 0.717) is 11.3 Å². The Hall–Kier alpha value is -3.55. The fourth-order valence-electron chi connectivity index (χ4n) is 2.70. The molecule has 2 N–H and O–H groups in total. The molecular formula is C19H15F2N3O3. The van der Waals surface area contributed by atoms with Gasteiger partial charge < -0.3 is 5.11 Å². The fourth-order valence-corrected chi connectivity index (χ4v) is 2.70. The maximum Gasteiger partial charge on any atom is 0.409 e. The normalized spacial score (nSPS) is 11.8. The Kier molecular flexibility index (Phi) is 4.98. The molecule has 6 nitrogen and oxygen atoms in total. The minimum Gasteiger partial charge on any atom is -0.465 e. The summed E-state index contributed by atoms with van der Waals surface area (Å²) in [6, 6.07) is 11.7. The Bertz CT molecular complexity index is 1050. The minimum absolute atomic E-state index is 0.203. The quantitative estimate of drug-likeness (QED) is 0.729. The van der Waals surface area contributed by atoms with Crippen LogP contribution in [0.4, 0.5) is 19.3 Å². The Morgan fingerprint density at radius 3 is 2.48 bits per heavy atom. The van der Waals surface area contributed by atoms with E-state index in [9.17, 15) is 18.4 Å². The lowest BCUT2D eigenvalue weighted by atomic mass is 10.1. The lowest BCUT2D eigenvalue weighted by Gasteiger charge is -2.16. The van der Waals surface area contributed by atoms with E-state index in [0.717, 1.165) is 18.2 Å². The number of anilines is 1. The highest BCUT2D eigenvalue weighted by Crippen LogP contribution is 2.22. The van der Waals surface area contributed by atoms with Crippen LogP contribution in [0.3, 0.4) is 0 Å². The number of amides is 1. The van der Waals surface area contributed by atoms with E-state index in [1.807, 2.05) is 0 Å². The van der Waals surface area contributed by atoms with Crippen molar-refractivity contribution in [3.63, 3.8) is 0 Å². The van der Waals surface area contributed by atoms with Crippen LogP contribution in [-0.4, -0.2) is 21.0 Å². The van der Waals surface area contributed by atoms with Crippen LogP contribution >= 0.6 is 0 Å². The number of nitrogens with zero attached hydrogens (tertiary/aromatic N) is 2. The Morgan fingerprint density at radius 2 is 1.81 bits per heavy atom. The molecule has 0 radical (unpaired) electrons. The average Bonchev–Trinajstić information content (AvgIpc) is 2.60. The van der Waals surface area contributed by atoms with Crippen LogP contribution < -0.4 is 10.9 Å². The number of rotatable bonds is 4. The molecule has 3 aromatic rings. The number of carboxylic acid groups (broad SMARTS) is 1. The summed E-state index contributed by atoms with van der Waals surface area (Å²) in [5, 5.41) is 15.3. The highest BCUT2D eigenvalue weighted by Gasteiger charge is 2.14. The van der Waals surface area contributed by atoms with Crippen LogP contribution in [-0.2, 0) is 0 Å². The second kappa shape index (κ2) is 7.36. The van der Waals surface area contributed by atoms with E-state index in [1.165, 1.54) is 16.8 Å². The number of halogens is 2. The van der Waals surface area contributed by atoms with Gasteiger partial charge in [0.05, 0.1) is 11.7 Å². The van der Waals surface area contributed by atoms with Crippen LogP contribution in [0.15, 0.2) is 59.4 Å². The lowest BCUT2D eigenvalue weighted by molar-refractivity contribution is 0.209. The van der Waals surface area contributed by atoms with Gasteiger partial charge in [-0.2, -0.15) is 5.10 Å². The standard InChI is InChI=1S/C19H15F2N3O3/c1-11(12-3-2-4-16(9-12)22-19(26)27)24-18(25)6-5-17(23-24)13-7-14(20)10-15(21)8-13/h2-11,22H,1H3,(H,26,27). The SMILES string of the molecule is CC(c1cccc(NC(=O)O)c1)n1nc(-c2cc(F)cc(F)c2)ccc1=O. The van der Waals surface area contributed by atoms with Gasteiger partial charge in [-0.1, -0.05) is 12.1 Å². The van der Waals surface area contributed by atoms with Crippen molar-refractivity contribution in [2.45, 2.75) is 13.0 Å². The van der Waals surface area contributed by atoms with Crippen LogP contribution in [0, 0.1) is 11.6 Å². The average molecular weight is 371 g/mol. The molecule has 2 aromatic carbocycles. The number of carbonyl (C=O) groups is 1. The van der Waals surface area contributed by atoms with Gasteiger partial charge in [0, 0.05) is 23.4 Å². The van der Waals surface area contributed by atoms with Gasteiger partial charge in [-0.25, -0.2) is 18.3 Å². The first-order valence-corrected chi connectivity index (χ1v) is 8.00. The summed E-state index contributed by atoms with van der Waals surface area (Å²) >= 11 is 0. The number of nitrogens with one attached hydrogen (secondary N) is 1. The van der Waals surface area contributed by atoms with Crippen molar-refractivity contribution >= 4 is 11.8 Å². The molecule has 0 spiro atoms. The van der Waals surface area contributed by atoms with Gasteiger partial charge in [0.15, 0.2) is 0 Å². The first-order valence-electron chi connectivity index (χ1n) is 8.00. The van der Waals surface area contributed by atoms with E-state index in [-0.39, 0.29) is 11.3 Å². The number of aromatic nitrogens is 2. The molecule has 138 valence electrons. The highest BCUT2D eigenvalue weighted by molar-refractivity contribution is 5.82. The van der Waals surface area contributed by atoms with Crippen molar-refractivity contribution < 1.29 is 18.7 Å². The summed E-state index contributed by atoms with van der Waals surface area (Å²) in [5.41, 5.74) is 1.02. The molecule has 0 fully saturated rings. The molecule has 0 bridgehead atoms. The molecule has 1 unspecified atom stereocenters. The van der Waals surface area contributed by atoms with E-state index < -0.39 is 29.3 Å². The summed E-state index contributed by atoms with van der Waals surface area (Å²) in [7, 11) is 0. The van der Waals surface area contributed by atoms with E-state index in [1.54, 1.807) is 31.2 Å². The third-order valence-electron chi connectivity index (χ3n) is 3.97. The van der Waals surface area contributed by atoms with Gasteiger partial charge in [-0.05, 0) is 42.8 Å². The second-order valence-corrected chi connectivity index (χ2v) is 5.89. The maximum atomic E-state index is 13.5. The van der Waals surface area contributed by atoms with Gasteiger partial charge in [0.1, 0.15) is 11.6 Å². The maximum absolute atomic E-state index is 13.5. The zero-order chi connectivity index (χ0) is 19.6. The van der Waals surface area contributed by atoms with Crippen LogP contribution in [0.2, 0.25) is 0 Å². The third-order valence-corrected chi connectivity index (χ3v) is 3.97. The molecule has 3 rings (SSSR count). The van der Waals surface area contributed by atoms with Crippen molar-refractivity contribution in [2.24, 2.45) is 0 Å². The van der Waals surface area contributed by atoms with Crippen LogP contribution in [0.1, 0.15) is 18.5 Å². The number of hydrogen-bond donors (Lipinski definition) is 2. The Balaban J connectivity index is 2.01. The number of hydrogen-bond acceptors (Lipinski definition) is 3. The summed E-state index contributed by atoms with van der Waals surface area (Å²) in [4.78, 5) is 23.0. The highest BCUT2D eigenvalue weighted by atomic mass is 19.1. The smallest absolute Gasteiger partial charge is 0.409 e. The van der Waals surface area contributed by atoms with Crippen molar-refractivity contribution in [1.82, 2.24) is 9.78 Å². The second-order valence-electron chi connectivity index (χ2n) is 5.89. The molecule has 1 heterocycles. The third kappa shape index (κ3) is 4.17. The molecule has 0 saturated carbocycles. The van der Waals surface area contributed by atoms with Gasteiger partial charge in [-0.3, -0.25) is 10.1 Å². The van der Waals surface area contributed by atoms with Crippen molar-refractivity contribution in [3.05, 3.63) is 82.1 Å². The molecule has 1 atom stereocenters. The molecule has 0 aliphatic rings. The predicted molar refractivity (Wildman–Crippen MR) is 95.8 cm³/mol. The minimum atomic E-state index is -1.20. The fraction of sp³-hybridized carbons (Fsp3) is 0.105. The topological polar surface area (TPSA) is 84.2 Å². The van der Waals surface area contributed by atoms with Crippen molar-refractivity contribution in [3.8, 4) is 11.3 Å². The van der Waals surface area contributed by atoms with E-state index >= 15 is 0 Å². The molecule has 0 aliphatic carbocycles. The molecule has 0 aliphatic heterocycles.